The topological polar surface area (TPSA) is 60.8 Å². The molecular formula is C22H17Br2NO3. The number of carbonyl (C=O) groups is 1. The van der Waals surface area contributed by atoms with E-state index in [1.54, 1.807) is 72.8 Å². The van der Waals surface area contributed by atoms with Gasteiger partial charge in [0.1, 0.15) is 0 Å². The number of hydrogen-bond donors (Lipinski definition) is 2. The van der Waals surface area contributed by atoms with Crippen molar-refractivity contribution in [1.82, 2.24) is 4.90 Å². The number of likely N-dealkylation sites (N-methyl/N-ethyl adjacent to an activating group) is 1. The lowest BCUT2D eigenvalue weighted by Crippen LogP contribution is -2.64. The number of amides is 1. The monoisotopic (exact) mass is 501 g/mol. The molecule has 4 nitrogen and oxygen atoms in total. The van der Waals surface area contributed by atoms with E-state index in [9.17, 15) is 15.0 Å². The zero-order valence-electron chi connectivity index (χ0n) is 14.9. The number of rotatable bonds is 2. The third-order valence-electron chi connectivity index (χ3n) is 5.35. The Morgan fingerprint density at radius 3 is 1.86 bits per heavy atom. The van der Waals surface area contributed by atoms with Gasteiger partial charge in [-0.3, -0.25) is 4.79 Å². The second-order valence-corrected chi connectivity index (χ2v) is 8.64. The highest BCUT2D eigenvalue weighted by Crippen LogP contribution is 2.51. The van der Waals surface area contributed by atoms with E-state index in [4.69, 9.17) is 0 Å². The summed E-state index contributed by atoms with van der Waals surface area (Å²) in [4.78, 5) is 14.3. The Morgan fingerprint density at radius 2 is 1.29 bits per heavy atom. The molecule has 0 aliphatic carbocycles. The maximum atomic E-state index is 13.1. The van der Waals surface area contributed by atoms with Gasteiger partial charge < -0.3 is 15.1 Å². The first kappa shape index (κ1) is 19.3. The molecule has 0 fully saturated rings. The number of carbonyl (C=O) groups excluding carboxylic acids is 1. The number of aliphatic hydroxyl groups is 2. The van der Waals surface area contributed by atoms with Crippen LogP contribution in [0.5, 0.6) is 0 Å². The van der Waals surface area contributed by atoms with Crippen LogP contribution in [-0.4, -0.2) is 28.1 Å². The van der Waals surface area contributed by atoms with Crippen LogP contribution in [0.4, 0.5) is 0 Å². The zero-order valence-corrected chi connectivity index (χ0v) is 18.1. The summed E-state index contributed by atoms with van der Waals surface area (Å²) in [7, 11) is 1.50. The lowest BCUT2D eigenvalue weighted by Gasteiger charge is -2.52. The molecular weight excluding hydrogens is 486 g/mol. The highest BCUT2D eigenvalue weighted by molar-refractivity contribution is 9.10. The Labute approximate surface area is 179 Å². The van der Waals surface area contributed by atoms with Crippen LogP contribution in [0.15, 0.2) is 81.7 Å². The van der Waals surface area contributed by atoms with Crippen molar-refractivity contribution >= 4 is 37.8 Å². The molecule has 4 rings (SSSR count). The Morgan fingerprint density at radius 1 is 0.786 bits per heavy atom. The van der Waals surface area contributed by atoms with E-state index < -0.39 is 11.3 Å². The maximum absolute atomic E-state index is 13.1. The van der Waals surface area contributed by atoms with E-state index in [1.165, 1.54) is 11.9 Å². The molecule has 0 bridgehead atoms. The van der Waals surface area contributed by atoms with E-state index in [1.807, 2.05) is 0 Å². The summed E-state index contributed by atoms with van der Waals surface area (Å²) in [6, 6.07) is 20.9. The van der Waals surface area contributed by atoms with Crippen LogP contribution >= 0.6 is 31.9 Å². The van der Waals surface area contributed by atoms with Gasteiger partial charge in [0, 0.05) is 32.7 Å². The molecule has 1 aliphatic heterocycles. The molecule has 0 saturated heterocycles. The van der Waals surface area contributed by atoms with Crippen LogP contribution < -0.4 is 0 Å². The number of halogens is 2. The summed E-state index contributed by atoms with van der Waals surface area (Å²) in [6.07, 6.45) is 0. The minimum absolute atomic E-state index is 0.359. The number of hydrogen-bond acceptors (Lipinski definition) is 3. The van der Waals surface area contributed by atoms with E-state index in [-0.39, 0.29) is 5.91 Å². The summed E-state index contributed by atoms with van der Waals surface area (Å²) < 4.78 is 1.68. The third kappa shape index (κ3) is 2.59. The number of fused-ring (bicyclic) bond motifs is 1. The SMILES string of the molecule is CN1C(=O)c2ccccc2C(O)(c2ccc(Br)cc2)C1(O)c1ccc(Br)cc1. The first-order chi connectivity index (χ1) is 13.3. The van der Waals surface area contributed by atoms with Crippen LogP contribution in [0.25, 0.3) is 0 Å². The summed E-state index contributed by atoms with van der Waals surface area (Å²) in [5, 5.41) is 24.1. The molecule has 3 aromatic rings. The molecule has 3 aromatic carbocycles. The molecule has 2 N–H and O–H groups in total. The van der Waals surface area contributed by atoms with Gasteiger partial charge in [-0.1, -0.05) is 74.3 Å². The molecule has 2 atom stereocenters. The molecule has 0 radical (unpaired) electrons. The van der Waals surface area contributed by atoms with Crippen LogP contribution in [0.2, 0.25) is 0 Å². The standard InChI is InChI=1S/C22H17Br2NO3/c1-25-20(26)18-4-2-3-5-19(18)21(27,14-6-10-16(23)11-7-14)22(25,28)15-8-12-17(24)13-9-15/h2-13,27-28H,1H3. The Bertz CT molecular complexity index is 1050. The van der Waals surface area contributed by atoms with Crippen LogP contribution in [0, 0.1) is 0 Å². The molecule has 1 aliphatic rings. The molecule has 2 unspecified atom stereocenters. The van der Waals surface area contributed by atoms with Gasteiger partial charge in [0.25, 0.3) is 5.91 Å². The van der Waals surface area contributed by atoms with Gasteiger partial charge >= 0.3 is 0 Å². The molecule has 0 spiro atoms. The van der Waals surface area contributed by atoms with Crippen LogP contribution in [0.1, 0.15) is 27.0 Å². The van der Waals surface area contributed by atoms with Gasteiger partial charge in [-0.15, -0.1) is 0 Å². The average molecular weight is 503 g/mol. The highest BCUT2D eigenvalue weighted by Gasteiger charge is 2.61. The van der Waals surface area contributed by atoms with Crippen molar-refractivity contribution in [2.75, 3.05) is 7.05 Å². The lowest BCUT2D eigenvalue weighted by atomic mass is 9.69. The highest BCUT2D eigenvalue weighted by atomic mass is 79.9. The van der Waals surface area contributed by atoms with Gasteiger partial charge in [-0.05, 0) is 35.9 Å². The molecule has 28 heavy (non-hydrogen) atoms. The zero-order chi connectivity index (χ0) is 20.1. The van der Waals surface area contributed by atoms with Crippen LogP contribution in [0.3, 0.4) is 0 Å². The van der Waals surface area contributed by atoms with E-state index in [0.29, 0.717) is 22.3 Å². The summed E-state index contributed by atoms with van der Waals surface area (Å²) in [5.74, 6) is -0.359. The van der Waals surface area contributed by atoms with E-state index in [0.717, 1.165) is 8.95 Å². The molecule has 1 amide bonds. The summed E-state index contributed by atoms with van der Waals surface area (Å²) in [5.41, 5.74) is -2.27. The van der Waals surface area contributed by atoms with Gasteiger partial charge in [0.15, 0.2) is 5.60 Å². The van der Waals surface area contributed by atoms with Crippen molar-refractivity contribution in [2.45, 2.75) is 11.3 Å². The largest absolute Gasteiger partial charge is 0.375 e. The number of nitrogens with zero attached hydrogens (tertiary/aromatic N) is 1. The minimum atomic E-state index is -2.01. The predicted molar refractivity (Wildman–Crippen MR) is 114 cm³/mol. The normalized spacial score (nSPS) is 24.2. The van der Waals surface area contributed by atoms with Crippen molar-refractivity contribution in [3.8, 4) is 0 Å². The Hall–Kier alpha value is -1.99. The second-order valence-electron chi connectivity index (χ2n) is 6.81. The first-order valence-electron chi connectivity index (χ1n) is 8.64. The lowest BCUT2D eigenvalue weighted by molar-refractivity contribution is -0.213. The van der Waals surface area contributed by atoms with Crippen molar-refractivity contribution < 1.29 is 15.0 Å². The Kier molecular flexibility index (Phi) is 4.70. The number of benzene rings is 3. The molecule has 0 saturated carbocycles. The fraction of sp³-hybridized carbons (Fsp3) is 0.136. The fourth-order valence-electron chi connectivity index (χ4n) is 3.88. The van der Waals surface area contributed by atoms with Crippen molar-refractivity contribution in [1.29, 1.82) is 0 Å². The molecule has 0 aromatic heterocycles. The maximum Gasteiger partial charge on any atom is 0.256 e. The molecule has 142 valence electrons. The first-order valence-corrected chi connectivity index (χ1v) is 10.2. The van der Waals surface area contributed by atoms with Crippen molar-refractivity contribution in [3.05, 3.63) is 104 Å². The van der Waals surface area contributed by atoms with Crippen molar-refractivity contribution in [2.24, 2.45) is 0 Å². The predicted octanol–water partition coefficient (Wildman–Crippen LogP) is 4.38. The van der Waals surface area contributed by atoms with E-state index >= 15 is 0 Å². The van der Waals surface area contributed by atoms with Gasteiger partial charge in [0.2, 0.25) is 5.72 Å². The van der Waals surface area contributed by atoms with E-state index in [2.05, 4.69) is 31.9 Å². The second kappa shape index (κ2) is 6.81. The molecule has 6 heteroatoms. The third-order valence-corrected chi connectivity index (χ3v) is 6.41. The van der Waals surface area contributed by atoms with Crippen LogP contribution in [-0.2, 0) is 11.3 Å². The van der Waals surface area contributed by atoms with Crippen molar-refractivity contribution in [3.63, 3.8) is 0 Å². The minimum Gasteiger partial charge on any atom is -0.375 e. The van der Waals surface area contributed by atoms with Gasteiger partial charge in [-0.2, -0.15) is 0 Å². The van der Waals surface area contributed by atoms with Gasteiger partial charge in [0.05, 0.1) is 0 Å². The quantitative estimate of drug-likeness (QED) is 0.546. The fourth-order valence-corrected chi connectivity index (χ4v) is 4.40. The summed E-state index contributed by atoms with van der Waals surface area (Å²) in [6.45, 7) is 0. The van der Waals surface area contributed by atoms with Gasteiger partial charge in [-0.25, -0.2) is 0 Å². The Balaban J connectivity index is 2.09. The average Bonchev–Trinajstić information content (AvgIpc) is 2.71. The summed E-state index contributed by atoms with van der Waals surface area (Å²) >= 11 is 6.80. The molecule has 1 heterocycles. The smallest absolute Gasteiger partial charge is 0.256 e.